The largest absolute Gasteiger partial charge is 0.478 e. The van der Waals surface area contributed by atoms with Crippen LogP contribution in [0.15, 0.2) is 24.3 Å². The number of ether oxygens (including phenoxy) is 1. The Morgan fingerprint density at radius 3 is 1.69 bits per heavy atom. The van der Waals surface area contributed by atoms with Gasteiger partial charge in [-0.2, -0.15) is 0 Å². The Morgan fingerprint density at radius 1 is 0.885 bits per heavy atom. The summed E-state index contributed by atoms with van der Waals surface area (Å²) >= 11 is 0. The zero-order valence-corrected chi connectivity index (χ0v) is 15.0. The van der Waals surface area contributed by atoms with Crippen LogP contribution >= 0.6 is 0 Å². The molecule has 0 amide bonds. The van der Waals surface area contributed by atoms with Crippen molar-refractivity contribution in [1.29, 1.82) is 0 Å². The topological polar surface area (TPSA) is 138 Å². The molecule has 1 fully saturated rings. The molecule has 1 unspecified atom stereocenters. The lowest BCUT2D eigenvalue weighted by Crippen LogP contribution is -2.26. The Labute approximate surface area is 152 Å². The van der Waals surface area contributed by atoms with Gasteiger partial charge in [0, 0.05) is 24.3 Å². The van der Waals surface area contributed by atoms with Crippen LogP contribution in [-0.4, -0.2) is 45.3 Å². The summed E-state index contributed by atoms with van der Waals surface area (Å²) < 4.78 is 5.21. The zero-order chi connectivity index (χ0) is 20.1. The fourth-order valence-electron chi connectivity index (χ4n) is 2.59. The molecule has 0 saturated heterocycles. The molecule has 26 heavy (non-hydrogen) atoms. The summed E-state index contributed by atoms with van der Waals surface area (Å²) in [6.07, 6.45) is 8.02. The third-order valence-electron chi connectivity index (χ3n) is 4.18. The maximum atomic E-state index is 11.3. The van der Waals surface area contributed by atoms with Crippen molar-refractivity contribution in [1.82, 2.24) is 0 Å². The predicted molar refractivity (Wildman–Crippen MR) is 92.5 cm³/mol. The van der Waals surface area contributed by atoms with Gasteiger partial charge in [-0.15, -0.1) is 0 Å². The van der Waals surface area contributed by atoms with Crippen molar-refractivity contribution < 1.29 is 39.2 Å². The minimum Gasteiger partial charge on any atom is -0.478 e. The third kappa shape index (κ3) is 11.8. The lowest BCUT2D eigenvalue weighted by Gasteiger charge is -2.31. The summed E-state index contributed by atoms with van der Waals surface area (Å²) in [5.74, 6) is -2.73. The van der Waals surface area contributed by atoms with Gasteiger partial charge in [0.25, 0.3) is 0 Å². The highest BCUT2D eigenvalue weighted by molar-refractivity contribution is 5.91. The molecule has 0 aromatic heterocycles. The molecule has 1 aliphatic rings. The summed E-state index contributed by atoms with van der Waals surface area (Å²) in [7, 11) is 0. The van der Waals surface area contributed by atoms with Gasteiger partial charge in [-0.1, -0.05) is 20.3 Å². The molecule has 1 atom stereocenters. The third-order valence-corrected chi connectivity index (χ3v) is 4.18. The Bertz CT molecular complexity index is 525. The van der Waals surface area contributed by atoms with E-state index in [1.165, 1.54) is 6.42 Å². The van der Waals surface area contributed by atoms with Crippen molar-refractivity contribution in [3.05, 3.63) is 24.3 Å². The van der Waals surface area contributed by atoms with Crippen LogP contribution in [0.1, 0.15) is 46.0 Å². The van der Waals surface area contributed by atoms with Gasteiger partial charge in [0.05, 0.1) is 0 Å². The van der Waals surface area contributed by atoms with Gasteiger partial charge < -0.3 is 20.1 Å². The van der Waals surface area contributed by atoms with E-state index in [9.17, 15) is 19.2 Å². The van der Waals surface area contributed by atoms with Gasteiger partial charge in [0.1, 0.15) is 6.10 Å². The number of hydrogen-bond donors (Lipinski definition) is 3. The minimum absolute atomic E-state index is 0.0451. The lowest BCUT2D eigenvalue weighted by molar-refractivity contribution is -0.145. The van der Waals surface area contributed by atoms with Crippen molar-refractivity contribution in [2.45, 2.75) is 52.1 Å². The van der Waals surface area contributed by atoms with Gasteiger partial charge in [-0.25, -0.2) is 19.2 Å². The molecular formula is C18H26O8. The number of carbonyl (C=O) groups excluding carboxylic acids is 1. The average molecular weight is 370 g/mol. The first-order valence-corrected chi connectivity index (χ1v) is 8.41. The SMILES string of the molecule is CCC(C)C1CCC(OC(=O)/C=C/C(=O)O)CC1.O=C(O)/C=C/C(=O)O. The minimum atomic E-state index is -1.26. The molecule has 1 saturated carbocycles. The molecule has 0 spiro atoms. The summed E-state index contributed by atoms with van der Waals surface area (Å²) in [6.45, 7) is 4.47. The number of carbonyl (C=O) groups is 4. The monoisotopic (exact) mass is 370 g/mol. The van der Waals surface area contributed by atoms with Crippen molar-refractivity contribution in [2.75, 3.05) is 0 Å². The first-order valence-electron chi connectivity index (χ1n) is 8.41. The van der Waals surface area contributed by atoms with E-state index in [0.717, 1.165) is 49.7 Å². The second kappa shape index (κ2) is 12.7. The van der Waals surface area contributed by atoms with Crippen LogP contribution < -0.4 is 0 Å². The number of carboxylic acid groups (broad SMARTS) is 3. The fourth-order valence-corrected chi connectivity index (χ4v) is 2.59. The van der Waals surface area contributed by atoms with E-state index in [1.54, 1.807) is 0 Å². The number of esters is 1. The van der Waals surface area contributed by atoms with Gasteiger partial charge in [-0.05, 0) is 37.5 Å². The Morgan fingerprint density at radius 2 is 1.31 bits per heavy atom. The van der Waals surface area contributed by atoms with E-state index in [1.807, 2.05) is 0 Å². The molecule has 0 aromatic carbocycles. The summed E-state index contributed by atoms with van der Waals surface area (Å²) in [5.41, 5.74) is 0. The van der Waals surface area contributed by atoms with E-state index in [4.69, 9.17) is 20.1 Å². The molecule has 8 heteroatoms. The fraction of sp³-hybridized carbons (Fsp3) is 0.556. The van der Waals surface area contributed by atoms with Crippen LogP contribution in [0, 0.1) is 11.8 Å². The van der Waals surface area contributed by atoms with Crippen LogP contribution in [0.3, 0.4) is 0 Å². The number of hydrogen-bond acceptors (Lipinski definition) is 5. The van der Waals surface area contributed by atoms with E-state index in [0.29, 0.717) is 12.2 Å². The number of rotatable bonds is 7. The van der Waals surface area contributed by atoms with E-state index < -0.39 is 23.9 Å². The zero-order valence-electron chi connectivity index (χ0n) is 15.0. The Hall–Kier alpha value is -2.64. The Kier molecular flexibility index (Phi) is 11.4. The highest BCUT2D eigenvalue weighted by atomic mass is 16.5. The molecule has 8 nitrogen and oxygen atoms in total. The maximum absolute atomic E-state index is 11.3. The normalized spacial score (nSPS) is 20.8. The first-order chi connectivity index (χ1) is 12.1. The molecule has 146 valence electrons. The number of aliphatic carboxylic acids is 3. The summed E-state index contributed by atoms with van der Waals surface area (Å²) in [4.78, 5) is 40.7. The smallest absolute Gasteiger partial charge is 0.331 e. The molecule has 1 rings (SSSR count). The van der Waals surface area contributed by atoms with E-state index >= 15 is 0 Å². The molecule has 0 bridgehead atoms. The van der Waals surface area contributed by atoms with Crippen LogP contribution in [0.5, 0.6) is 0 Å². The molecule has 1 aliphatic carbocycles. The molecular weight excluding hydrogens is 344 g/mol. The predicted octanol–water partition coefficient (Wildman–Crippen LogP) is 2.49. The quantitative estimate of drug-likeness (QED) is 0.459. The lowest BCUT2D eigenvalue weighted by atomic mass is 9.79. The van der Waals surface area contributed by atoms with Gasteiger partial charge in [-0.3, -0.25) is 0 Å². The summed E-state index contributed by atoms with van der Waals surface area (Å²) in [6, 6.07) is 0. The molecule has 0 radical (unpaired) electrons. The average Bonchev–Trinajstić information content (AvgIpc) is 2.58. The maximum Gasteiger partial charge on any atom is 0.331 e. The number of carboxylic acids is 3. The van der Waals surface area contributed by atoms with Crippen LogP contribution in [0.4, 0.5) is 0 Å². The molecule has 0 heterocycles. The van der Waals surface area contributed by atoms with Crippen LogP contribution in [0.2, 0.25) is 0 Å². The van der Waals surface area contributed by atoms with Crippen molar-refractivity contribution in [3.8, 4) is 0 Å². The van der Waals surface area contributed by atoms with Crippen LogP contribution in [0.25, 0.3) is 0 Å². The van der Waals surface area contributed by atoms with Gasteiger partial charge in [0.15, 0.2) is 0 Å². The van der Waals surface area contributed by atoms with E-state index in [2.05, 4.69) is 13.8 Å². The van der Waals surface area contributed by atoms with E-state index in [-0.39, 0.29) is 6.10 Å². The van der Waals surface area contributed by atoms with Crippen LogP contribution in [-0.2, 0) is 23.9 Å². The summed E-state index contributed by atoms with van der Waals surface area (Å²) in [5, 5.41) is 24.0. The molecule has 0 aromatic rings. The first kappa shape index (κ1) is 23.4. The highest BCUT2D eigenvalue weighted by Gasteiger charge is 2.26. The standard InChI is InChI=1S/C14H22O4.C4H4O4/c1-3-10(2)11-4-6-12(7-5-11)18-14(17)9-8-13(15)16;5-3(6)1-2-4(7)8/h8-12H,3-7H2,1-2H3,(H,15,16);1-2H,(H,5,6)(H,7,8)/b9-8+;2-1+. The molecule has 0 aliphatic heterocycles. The Balaban J connectivity index is 0.000000660. The highest BCUT2D eigenvalue weighted by Crippen LogP contribution is 2.32. The van der Waals surface area contributed by atoms with Crippen molar-refractivity contribution in [3.63, 3.8) is 0 Å². The second-order valence-corrected chi connectivity index (χ2v) is 6.04. The van der Waals surface area contributed by atoms with Gasteiger partial charge in [0.2, 0.25) is 0 Å². The molecule has 3 N–H and O–H groups in total. The second-order valence-electron chi connectivity index (χ2n) is 6.04. The van der Waals surface area contributed by atoms with Crippen molar-refractivity contribution in [2.24, 2.45) is 11.8 Å². The van der Waals surface area contributed by atoms with Gasteiger partial charge >= 0.3 is 23.9 Å². The van der Waals surface area contributed by atoms with Crippen molar-refractivity contribution >= 4 is 23.9 Å².